The molecule has 1 fully saturated rings. The number of aromatic nitrogens is 3. The van der Waals surface area contributed by atoms with Gasteiger partial charge in [-0.15, -0.1) is 0 Å². The van der Waals surface area contributed by atoms with Crippen LogP contribution in [0.15, 0.2) is 24.3 Å². The third-order valence-corrected chi connectivity index (χ3v) is 6.94. The van der Waals surface area contributed by atoms with E-state index < -0.39 is 0 Å². The molecule has 3 aromatic rings. The fraction of sp³-hybridized carbons (Fsp3) is 0.500. The highest BCUT2D eigenvalue weighted by molar-refractivity contribution is 5.97. The summed E-state index contributed by atoms with van der Waals surface area (Å²) in [4.78, 5) is 18.2. The van der Waals surface area contributed by atoms with Gasteiger partial charge in [0.2, 0.25) is 5.91 Å². The van der Waals surface area contributed by atoms with Gasteiger partial charge < -0.3 is 9.88 Å². The number of aromatic amines is 2. The second-order valence-electron chi connectivity index (χ2n) is 9.70. The van der Waals surface area contributed by atoms with E-state index in [9.17, 15) is 4.79 Å². The fourth-order valence-corrected chi connectivity index (χ4v) is 5.09. The lowest BCUT2D eigenvalue weighted by Gasteiger charge is -2.28. The average molecular weight is 391 g/mol. The standard InChI is InChI=1S/C24H30N4O/c1-24(2)11-10-18-21(14-24)26-27-22(18)20-12-16-8-9-17(13-19(16)25-20)28(3)23(29)15-6-4-5-7-15/h8-9,12-13,15,25H,4-7,10-11,14H2,1-3H3,(H,26,27). The summed E-state index contributed by atoms with van der Waals surface area (Å²) < 4.78 is 0. The Bertz CT molecular complexity index is 1070. The largest absolute Gasteiger partial charge is 0.353 e. The molecular weight excluding hydrogens is 360 g/mol. The first-order valence-corrected chi connectivity index (χ1v) is 10.9. The molecule has 29 heavy (non-hydrogen) atoms. The van der Waals surface area contributed by atoms with Crippen LogP contribution in [-0.4, -0.2) is 28.1 Å². The number of nitrogens with zero attached hydrogens (tertiary/aromatic N) is 2. The van der Waals surface area contributed by atoms with Gasteiger partial charge in [-0.3, -0.25) is 9.89 Å². The Kier molecular flexibility index (Phi) is 4.30. The summed E-state index contributed by atoms with van der Waals surface area (Å²) in [6.07, 6.45) is 7.70. The highest BCUT2D eigenvalue weighted by Gasteiger charge is 2.30. The lowest BCUT2D eigenvalue weighted by molar-refractivity contribution is -0.121. The van der Waals surface area contributed by atoms with Crippen LogP contribution >= 0.6 is 0 Å². The first-order chi connectivity index (χ1) is 13.9. The van der Waals surface area contributed by atoms with Crippen molar-refractivity contribution in [2.75, 3.05) is 11.9 Å². The van der Waals surface area contributed by atoms with Crippen molar-refractivity contribution in [2.24, 2.45) is 11.3 Å². The molecule has 2 aliphatic carbocycles. The number of carbonyl (C=O) groups is 1. The van der Waals surface area contributed by atoms with Crippen molar-refractivity contribution in [1.82, 2.24) is 15.2 Å². The molecule has 2 aromatic heterocycles. The van der Waals surface area contributed by atoms with Crippen molar-refractivity contribution in [3.8, 4) is 11.4 Å². The Labute approximate surface area is 171 Å². The van der Waals surface area contributed by atoms with Gasteiger partial charge in [0, 0.05) is 40.8 Å². The molecule has 2 heterocycles. The Balaban J connectivity index is 1.45. The molecule has 0 atom stereocenters. The molecule has 1 amide bonds. The van der Waals surface area contributed by atoms with E-state index in [2.05, 4.69) is 53.3 Å². The van der Waals surface area contributed by atoms with Gasteiger partial charge in [-0.1, -0.05) is 32.8 Å². The van der Waals surface area contributed by atoms with E-state index in [0.717, 1.165) is 53.7 Å². The van der Waals surface area contributed by atoms with Crippen molar-refractivity contribution in [3.63, 3.8) is 0 Å². The Morgan fingerprint density at radius 2 is 2.00 bits per heavy atom. The minimum atomic E-state index is 0.190. The molecule has 0 aliphatic heterocycles. The normalized spacial score (nSPS) is 18.9. The summed E-state index contributed by atoms with van der Waals surface area (Å²) in [5.41, 5.74) is 7.07. The molecule has 5 heteroatoms. The number of rotatable bonds is 3. The number of hydrogen-bond acceptors (Lipinski definition) is 2. The van der Waals surface area contributed by atoms with Crippen LogP contribution in [0, 0.1) is 11.3 Å². The molecule has 0 spiro atoms. The molecule has 0 saturated heterocycles. The van der Waals surface area contributed by atoms with Gasteiger partial charge >= 0.3 is 0 Å². The van der Waals surface area contributed by atoms with Gasteiger partial charge in [-0.05, 0) is 55.7 Å². The summed E-state index contributed by atoms with van der Waals surface area (Å²) in [5.74, 6) is 0.437. The topological polar surface area (TPSA) is 64.8 Å². The number of benzene rings is 1. The number of hydrogen-bond donors (Lipinski definition) is 2. The van der Waals surface area contributed by atoms with Crippen LogP contribution in [0.25, 0.3) is 22.3 Å². The van der Waals surface area contributed by atoms with Crippen LogP contribution in [0.1, 0.15) is 57.2 Å². The van der Waals surface area contributed by atoms with E-state index in [1.807, 2.05) is 11.9 Å². The maximum atomic E-state index is 12.8. The Morgan fingerprint density at radius 3 is 2.79 bits per heavy atom. The van der Waals surface area contributed by atoms with Crippen molar-refractivity contribution in [2.45, 2.75) is 58.8 Å². The van der Waals surface area contributed by atoms with Crippen LogP contribution in [0.5, 0.6) is 0 Å². The number of anilines is 1. The lowest BCUT2D eigenvalue weighted by atomic mass is 9.76. The zero-order chi connectivity index (χ0) is 20.2. The molecule has 5 rings (SSSR count). The summed E-state index contributed by atoms with van der Waals surface area (Å²) in [6.45, 7) is 4.65. The molecule has 1 saturated carbocycles. The second-order valence-corrected chi connectivity index (χ2v) is 9.70. The minimum Gasteiger partial charge on any atom is -0.353 e. The maximum absolute atomic E-state index is 12.8. The van der Waals surface area contributed by atoms with Crippen molar-refractivity contribution < 1.29 is 4.79 Å². The van der Waals surface area contributed by atoms with Gasteiger partial charge in [-0.2, -0.15) is 5.10 Å². The van der Waals surface area contributed by atoms with Gasteiger partial charge in [0.25, 0.3) is 0 Å². The van der Waals surface area contributed by atoms with Crippen molar-refractivity contribution in [1.29, 1.82) is 0 Å². The smallest absolute Gasteiger partial charge is 0.229 e. The molecule has 2 aliphatic rings. The van der Waals surface area contributed by atoms with Crippen LogP contribution in [-0.2, 0) is 17.6 Å². The van der Waals surface area contributed by atoms with Crippen molar-refractivity contribution in [3.05, 3.63) is 35.5 Å². The van der Waals surface area contributed by atoms with E-state index in [1.54, 1.807) is 0 Å². The highest BCUT2D eigenvalue weighted by atomic mass is 16.2. The SMILES string of the molecule is CN(C(=O)C1CCCC1)c1ccc2cc(-c3n[nH]c4c3CCC(C)(C)C4)[nH]c2c1. The number of carbonyl (C=O) groups excluding carboxylic acids is 1. The van der Waals surface area contributed by atoms with E-state index in [-0.39, 0.29) is 11.8 Å². The maximum Gasteiger partial charge on any atom is 0.229 e. The number of H-pyrrole nitrogens is 2. The summed E-state index contributed by atoms with van der Waals surface area (Å²) in [5, 5.41) is 9.07. The quantitative estimate of drug-likeness (QED) is 0.643. The molecule has 2 N–H and O–H groups in total. The third-order valence-electron chi connectivity index (χ3n) is 6.94. The Morgan fingerprint density at radius 1 is 1.21 bits per heavy atom. The van der Waals surface area contributed by atoms with E-state index >= 15 is 0 Å². The number of fused-ring (bicyclic) bond motifs is 2. The van der Waals surface area contributed by atoms with Gasteiger partial charge in [-0.25, -0.2) is 0 Å². The summed E-state index contributed by atoms with van der Waals surface area (Å²) in [6, 6.07) is 8.42. The predicted molar refractivity (Wildman–Crippen MR) is 117 cm³/mol. The predicted octanol–water partition coefficient (Wildman–Crippen LogP) is 5.23. The van der Waals surface area contributed by atoms with Crippen LogP contribution in [0.4, 0.5) is 5.69 Å². The van der Waals surface area contributed by atoms with Gasteiger partial charge in [0.1, 0.15) is 5.69 Å². The second kappa shape index (κ2) is 6.75. The monoisotopic (exact) mass is 390 g/mol. The zero-order valence-electron chi connectivity index (χ0n) is 17.6. The minimum absolute atomic E-state index is 0.190. The Hall–Kier alpha value is -2.56. The highest BCUT2D eigenvalue weighted by Crippen LogP contribution is 2.38. The van der Waals surface area contributed by atoms with Crippen LogP contribution in [0.3, 0.4) is 0 Å². The average Bonchev–Trinajstić information content (AvgIpc) is 3.43. The first-order valence-electron chi connectivity index (χ1n) is 10.9. The zero-order valence-corrected chi connectivity index (χ0v) is 17.6. The van der Waals surface area contributed by atoms with Crippen molar-refractivity contribution >= 4 is 22.5 Å². The van der Waals surface area contributed by atoms with Crippen LogP contribution < -0.4 is 4.90 Å². The first kappa shape index (κ1) is 18.5. The molecule has 0 bridgehead atoms. The van der Waals surface area contributed by atoms with Gasteiger partial charge in [0.05, 0.1) is 5.69 Å². The number of nitrogens with one attached hydrogen (secondary N) is 2. The molecule has 152 valence electrons. The summed E-state index contributed by atoms with van der Waals surface area (Å²) in [7, 11) is 1.90. The third kappa shape index (κ3) is 3.26. The van der Waals surface area contributed by atoms with Gasteiger partial charge in [0.15, 0.2) is 0 Å². The van der Waals surface area contributed by atoms with Crippen LogP contribution in [0.2, 0.25) is 0 Å². The molecule has 5 nitrogen and oxygen atoms in total. The fourth-order valence-electron chi connectivity index (χ4n) is 5.09. The molecular formula is C24H30N4O. The number of amides is 1. The molecule has 1 aromatic carbocycles. The lowest BCUT2D eigenvalue weighted by Crippen LogP contribution is -2.31. The molecule has 0 unspecified atom stereocenters. The summed E-state index contributed by atoms with van der Waals surface area (Å²) >= 11 is 0. The molecule has 0 radical (unpaired) electrons. The van der Waals surface area contributed by atoms with E-state index in [1.165, 1.54) is 30.5 Å². The van der Waals surface area contributed by atoms with E-state index in [0.29, 0.717) is 5.41 Å². The van der Waals surface area contributed by atoms with E-state index in [4.69, 9.17) is 0 Å².